The van der Waals surface area contributed by atoms with Gasteiger partial charge in [-0.1, -0.05) is 25.1 Å². The minimum absolute atomic E-state index is 0.615. The lowest BCUT2D eigenvalue weighted by molar-refractivity contribution is 0.907. The first-order chi connectivity index (χ1) is 10.8. The number of hydrogen-bond acceptors (Lipinski definition) is 2. The highest BCUT2D eigenvalue weighted by atomic mass is 35.5. The molecule has 0 atom stereocenters. The Bertz CT molecular complexity index is 841. The van der Waals surface area contributed by atoms with Gasteiger partial charge in [-0.05, 0) is 36.2 Å². The van der Waals surface area contributed by atoms with Gasteiger partial charge in [0.2, 0.25) is 0 Å². The van der Waals surface area contributed by atoms with Crippen molar-refractivity contribution in [3.8, 4) is 11.8 Å². The van der Waals surface area contributed by atoms with Crippen molar-refractivity contribution in [3.63, 3.8) is 0 Å². The zero-order valence-electron chi connectivity index (χ0n) is 12.4. The number of aryl methyl sites for hydroxylation is 2. The molecule has 0 saturated heterocycles. The van der Waals surface area contributed by atoms with E-state index in [1.165, 1.54) is 5.56 Å². The van der Waals surface area contributed by atoms with Crippen molar-refractivity contribution in [1.82, 2.24) is 9.55 Å². The van der Waals surface area contributed by atoms with Crippen molar-refractivity contribution < 1.29 is 0 Å². The van der Waals surface area contributed by atoms with Crippen LogP contribution < -0.4 is 0 Å². The van der Waals surface area contributed by atoms with Crippen LogP contribution in [0.5, 0.6) is 0 Å². The molecule has 0 unspecified atom stereocenters. The Labute approximate surface area is 134 Å². The highest BCUT2D eigenvalue weighted by Gasteiger charge is 2.13. The molecular weight excluding hydrogens is 294 g/mol. The van der Waals surface area contributed by atoms with Crippen LogP contribution in [0.4, 0.5) is 0 Å². The second kappa shape index (κ2) is 6.21. The third-order valence-corrected chi connectivity index (χ3v) is 3.96. The molecule has 0 bridgehead atoms. The van der Waals surface area contributed by atoms with E-state index in [0.29, 0.717) is 11.4 Å². The van der Waals surface area contributed by atoms with Crippen molar-refractivity contribution >= 4 is 22.6 Å². The van der Waals surface area contributed by atoms with E-state index in [4.69, 9.17) is 11.6 Å². The minimum atomic E-state index is 0.615. The molecule has 4 heteroatoms. The number of halogens is 1. The molecule has 3 nitrogen and oxygen atoms in total. The molecule has 110 valence electrons. The second-order valence-electron chi connectivity index (χ2n) is 5.11. The molecule has 0 amide bonds. The number of aromatic nitrogens is 2. The molecule has 0 aliphatic carbocycles. The Morgan fingerprint density at radius 1 is 1.18 bits per heavy atom. The highest BCUT2D eigenvalue weighted by Crippen LogP contribution is 2.24. The molecule has 0 aliphatic heterocycles. The van der Waals surface area contributed by atoms with Crippen LogP contribution in [-0.4, -0.2) is 15.4 Å². The van der Waals surface area contributed by atoms with Crippen molar-refractivity contribution in [2.75, 3.05) is 5.88 Å². The predicted molar refractivity (Wildman–Crippen MR) is 89.6 cm³/mol. The first-order valence-electron chi connectivity index (χ1n) is 7.34. The fourth-order valence-corrected chi connectivity index (χ4v) is 2.90. The summed E-state index contributed by atoms with van der Waals surface area (Å²) in [5.41, 5.74) is 4.64. The topological polar surface area (TPSA) is 41.6 Å². The van der Waals surface area contributed by atoms with Crippen molar-refractivity contribution in [2.24, 2.45) is 0 Å². The summed E-state index contributed by atoms with van der Waals surface area (Å²) in [7, 11) is 0. The van der Waals surface area contributed by atoms with Crippen molar-refractivity contribution in [1.29, 1.82) is 5.26 Å². The number of hydrogen-bond donors (Lipinski definition) is 0. The quantitative estimate of drug-likeness (QED) is 0.676. The molecule has 1 aromatic heterocycles. The lowest BCUT2D eigenvalue weighted by atomic mass is 10.1. The standard InChI is InChI=1S/C18H16ClN3/c1-2-17-21-18-14(12-20)4-3-5-16(18)22(17)15-8-6-13(7-9-15)10-11-19/h3-9H,2,10-11H2,1H3. The van der Waals surface area contributed by atoms with E-state index in [0.717, 1.165) is 35.4 Å². The minimum Gasteiger partial charge on any atom is -0.296 e. The number of rotatable bonds is 4. The zero-order valence-corrected chi connectivity index (χ0v) is 13.1. The average Bonchev–Trinajstić information content (AvgIpc) is 2.94. The summed E-state index contributed by atoms with van der Waals surface area (Å²) in [5, 5.41) is 9.26. The smallest absolute Gasteiger partial charge is 0.114 e. The molecule has 3 rings (SSSR count). The van der Waals surface area contributed by atoms with Crippen LogP contribution in [0.1, 0.15) is 23.9 Å². The monoisotopic (exact) mass is 309 g/mol. The Kier molecular flexibility index (Phi) is 4.13. The molecule has 0 saturated carbocycles. The predicted octanol–water partition coefficient (Wildman–Crippen LogP) is 4.24. The molecule has 2 aromatic carbocycles. The summed E-state index contributed by atoms with van der Waals surface area (Å²) in [4.78, 5) is 4.66. The Hall–Kier alpha value is -2.31. The first-order valence-corrected chi connectivity index (χ1v) is 7.87. The van der Waals surface area contributed by atoms with Crippen LogP contribution in [0.2, 0.25) is 0 Å². The average molecular weight is 310 g/mol. The largest absolute Gasteiger partial charge is 0.296 e. The fraction of sp³-hybridized carbons (Fsp3) is 0.222. The van der Waals surface area contributed by atoms with E-state index in [9.17, 15) is 5.26 Å². The van der Waals surface area contributed by atoms with Gasteiger partial charge in [0.15, 0.2) is 0 Å². The summed E-state index contributed by atoms with van der Waals surface area (Å²) in [6, 6.07) is 16.3. The van der Waals surface area contributed by atoms with Gasteiger partial charge >= 0.3 is 0 Å². The molecule has 22 heavy (non-hydrogen) atoms. The molecule has 0 spiro atoms. The van der Waals surface area contributed by atoms with Gasteiger partial charge in [0.25, 0.3) is 0 Å². The second-order valence-corrected chi connectivity index (χ2v) is 5.49. The summed E-state index contributed by atoms with van der Waals surface area (Å²) in [5.74, 6) is 1.59. The molecule has 0 fully saturated rings. The summed E-state index contributed by atoms with van der Waals surface area (Å²) in [6.45, 7) is 2.08. The maximum Gasteiger partial charge on any atom is 0.114 e. The molecule has 0 N–H and O–H groups in total. The maximum atomic E-state index is 9.26. The van der Waals surface area contributed by atoms with E-state index in [1.807, 2.05) is 18.2 Å². The van der Waals surface area contributed by atoms with Crippen molar-refractivity contribution in [3.05, 3.63) is 59.4 Å². The molecule has 0 radical (unpaired) electrons. The number of imidazole rings is 1. The third-order valence-electron chi connectivity index (χ3n) is 3.77. The number of alkyl halides is 1. The number of nitrogens with zero attached hydrogens (tertiary/aromatic N) is 3. The summed E-state index contributed by atoms with van der Waals surface area (Å²) < 4.78 is 2.13. The fourth-order valence-electron chi connectivity index (χ4n) is 2.68. The van der Waals surface area contributed by atoms with E-state index >= 15 is 0 Å². The number of benzene rings is 2. The molecule has 0 aliphatic rings. The van der Waals surface area contributed by atoms with Crippen LogP contribution in [0.15, 0.2) is 42.5 Å². The van der Waals surface area contributed by atoms with E-state index in [2.05, 4.69) is 46.8 Å². The SMILES string of the molecule is CCc1nc2c(C#N)cccc2n1-c1ccc(CCCl)cc1. The van der Waals surface area contributed by atoms with Gasteiger partial charge < -0.3 is 0 Å². The van der Waals surface area contributed by atoms with E-state index in [1.54, 1.807) is 0 Å². The molecule has 3 aromatic rings. The number of fused-ring (bicyclic) bond motifs is 1. The lowest BCUT2D eigenvalue weighted by Crippen LogP contribution is -2.00. The summed E-state index contributed by atoms with van der Waals surface area (Å²) in [6.07, 6.45) is 1.68. The molecular formula is C18H16ClN3. The molecule has 1 heterocycles. The Balaban J connectivity index is 2.19. The third kappa shape index (κ3) is 2.47. The van der Waals surface area contributed by atoms with Gasteiger partial charge in [-0.15, -0.1) is 11.6 Å². The van der Waals surface area contributed by atoms with Gasteiger partial charge in [-0.25, -0.2) is 4.98 Å². The lowest BCUT2D eigenvalue weighted by Gasteiger charge is -2.09. The normalized spacial score (nSPS) is 10.8. The maximum absolute atomic E-state index is 9.26. The van der Waals surface area contributed by atoms with Crippen LogP contribution in [0, 0.1) is 11.3 Å². The van der Waals surface area contributed by atoms with Crippen LogP contribution in [0.3, 0.4) is 0 Å². The van der Waals surface area contributed by atoms with Gasteiger partial charge in [0, 0.05) is 18.0 Å². The van der Waals surface area contributed by atoms with Crippen LogP contribution >= 0.6 is 11.6 Å². The van der Waals surface area contributed by atoms with E-state index < -0.39 is 0 Å². The summed E-state index contributed by atoms with van der Waals surface area (Å²) >= 11 is 5.79. The van der Waals surface area contributed by atoms with E-state index in [-0.39, 0.29) is 0 Å². The van der Waals surface area contributed by atoms with Crippen LogP contribution in [0.25, 0.3) is 16.7 Å². The van der Waals surface area contributed by atoms with Gasteiger partial charge in [0.1, 0.15) is 17.4 Å². The van der Waals surface area contributed by atoms with Gasteiger partial charge in [-0.3, -0.25) is 4.57 Å². The first kappa shape index (κ1) is 14.6. The number of nitriles is 1. The van der Waals surface area contributed by atoms with Gasteiger partial charge in [0.05, 0.1) is 11.1 Å². The number of para-hydroxylation sites is 1. The zero-order chi connectivity index (χ0) is 15.5. The Morgan fingerprint density at radius 3 is 2.59 bits per heavy atom. The van der Waals surface area contributed by atoms with Crippen molar-refractivity contribution in [2.45, 2.75) is 19.8 Å². The highest BCUT2D eigenvalue weighted by molar-refractivity contribution is 6.17. The van der Waals surface area contributed by atoms with Crippen LogP contribution in [-0.2, 0) is 12.8 Å². The Morgan fingerprint density at radius 2 is 1.95 bits per heavy atom. The van der Waals surface area contributed by atoms with Gasteiger partial charge in [-0.2, -0.15) is 5.26 Å².